The topological polar surface area (TPSA) is 73.9 Å². The average molecular weight is 363 g/mol. The molecule has 1 saturated carbocycles. The summed E-state index contributed by atoms with van der Waals surface area (Å²) in [5.41, 5.74) is 0.319. The highest BCUT2D eigenvalue weighted by Crippen LogP contribution is 2.28. The van der Waals surface area contributed by atoms with E-state index in [2.05, 4.69) is 5.32 Å². The molecule has 0 unspecified atom stereocenters. The highest BCUT2D eigenvalue weighted by Gasteiger charge is 2.23. The number of carbonyl (C=O) groups is 2. The largest absolute Gasteiger partial charge is 0.493 e. The Hall–Kier alpha value is -2.24. The summed E-state index contributed by atoms with van der Waals surface area (Å²) < 4.78 is 16.0. The van der Waals surface area contributed by atoms with Crippen molar-refractivity contribution in [3.63, 3.8) is 0 Å². The Bertz CT molecular complexity index is 608. The molecule has 1 amide bonds. The van der Waals surface area contributed by atoms with Crippen molar-refractivity contribution in [1.82, 2.24) is 5.32 Å². The van der Waals surface area contributed by atoms with Gasteiger partial charge in [-0.25, -0.2) is 4.79 Å². The maximum absolute atomic E-state index is 12.3. The molecule has 1 aromatic carbocycles. The SMILES string of the molecule is CCOc1ccc(C(=O)O[C@@H](C)C(=O)NC2CCCCCC2)cc1OC. The van der Waals surface area contributed by atoms with Crippen LogP contribution in [0.1, 0.15) is 62.7 Å². The summed E-state index contributed by atoms with van der Waals surface area (Å²) in [6, 6.07) is 5.00. The molecule has 1 aromatic rings. The highest BCUT2D eigenvalue weighted by atomic mass is 16.5. The van der Waals surface area contributed by atoms with Crippen molar-refractivity contribution < 1.29 is 23.8 Å². The fourth-order valence-corrected chi connectivity index (χ4v) is 3.09. The van der Waals surface area contributed by atoms with Crippen LogP contribution in [0.25, 0.3) is 0 Å². The molecule has 6 heteroatoms. The van der Waals surface area contributed by atoms with Crippen LogP contribution in [0.5, 0.6) is 11.5 Å². The first kappa shape index (κ1) is 20.1. The maximum atomic E-state index is 12.3. The smallest absolute Gasteiger partial charge is 0.339 e. The van der Waals surface area contributed by atoms with Crippen LogP contribution in [0.4, 0.5) is 0 Å². The normalized spacial score (nSPS) is 16.3. The third-order valence-electron chi connectivity index (χ3n) is 4.55. The molecular formula is C20H29NO5. The van der Waals surface area contributed by atoms with Gasteiger partial charge in [0.15, 0.2) is 17.6 Å². The fourth-order valence-electron chi connectivity index (χ4n) is 3.09. The molecule has 2 rings (SSSR count). The van der Waals surface area contributed by atoms with Gasteiger partial charge in [-0.2, -0.15) is 0 Å². The van der Waals surface area contributed by atoms with Crippen molar-refractivity contribution in [3.8, 4) is 11.5 Å². The van der Waals surface area contributed by atoms with Gasteiger partial charge in [0.2, 0.25) is 0 Å². The van der Waals surface area contributed by atoms with Gasteiger partial charge in [-0.1, -0.05) is 25.7 Å². The van der Waals surface area contributed by atoms with E-state index >= 15 is 0 Å². The second kappa shape index (κ2) is 10.0. The van der Waals surface area contributed by atoms with Crippen LogP contribution in [0.3, 0.4) is 0 Å². The standard InChI is InChI=1S/C20H29NO5/c1-4-25-17-12-11-15(13-18(17)24-3)20(23)26-14(2)19(22)21-16-9-7-5-6-8-10-16/h11-14,16H,4-10H2,1-3H3,(H,21,22)/t14-/m0/s1. The van der Waals surface area contributed by atoms with Gasteiger partial charge in [0.05, 0.1) is 19.3 Å². The molecule has 0 aliphatic heterocycles. The number of benzene rings is 1. The molecule has 1 atom stereocenters. The third kappa shape index (κ3) is 5.64. The lowest BCUT2D eigenvalue weighted by molar-refractivity contribution is -0.129. The van der Waals surface area contributed by atoms with Crippen molar-refractivity contribution in [3.05, 3.63) is 23.8 Å². The van der Waals surface area contributed by atoms with Crippen LogP contribution in [0.2, 0.25) is 0 Å². The van der Waals surface area contributed by atoms with E-state index in [1.165, 1.54) is 20.0 Å². The number of carbonyl (C=O) groups excluding carboxylic acids is 2. The number of hydrogen-bond acceptors (Lipinski definition) is 5. The first-order chi connectivity index (χ1) is 12.5. The van der Waals surface area contributed by atoms with E-state index in [-0.39, 0.29) is 11.9 Å². The Morgan fingerprint density at radius 3 is 2.46 bits per heavy atom. The van der Waals surface area contributed by atoms with E-state index < -0.39 is 12.1 Å². The maximum Gasteiger partial charge on any atom is 0.339 e. The van der Waals surface area contributed by atoms with Crippen molar-refractivity contribution in [2.24, 2.45) is 0 Å². The Labute approximate surface area is 155 Å². The molecule has 6 nitrogen and oxygen atoms in total. The van der Waals surface area contributed by atoms with Gasteiger partial charge < -0.3 is 19.5 Å². The molecule has 26 heavy (non-hydrogen) atoms. The zero-order valence-electron chi connectivity index (χ0n) is 15.9. The summed E-state index contributed by atoms with van der Waals surface area (Å²) in [5.74, 6) is 0.209. The van der Waals surface area contributed by atoms with Crippen LogP contribution in [-0.2, 0) is 9.53 Å². The minimum Gasteiger partial charge on any atom is -0.493 e. The van der Waals surface area contributed by atoms with E-state index in [0.29, 0.717) is 23.7 Å². The zero-order chi connectivity index (χ0) is 18.9. The molecule has 1 aliphatic carbocycles. The summed E-state index contributed by atoms with van der Waals surface area (Å²) in [6.07, 6.45) is 5.83. The summed E-state index contributed by atoms with van der Waals surface area (Å²) >= 11 is 0. The molecule has 0 radical (unpaired) electrons. The molecule has 0 aromatic heterocycles. The number of methoxy groups -OCH3 is 1. The van der Waals surface area contributed by atoms with Crippen molar-refractivity contribution in [1.29, 1.82) is 0 Å². The number of rotatable bonds is 7. The number of esters is 1. The lowest BCUT2D eigenvalue weighted by Gasteiger charge is -2.20. The monoisotopic (exact) mass is 363 g/mol. The van der Waals surface area contributed by atoms with Gasteiger partial charge in [-0.15, -0.1) is 0 Å². The lowest BCUT2D eigenvalue weighted by atomic mass is 10.1. The van der Waals surface area contributed by atoms with E-state index in [4.69, 9.17) is 14.2 Å². The molecule has 0 heterocycles. The minimum absolute atomic E-state index is 0.178. The van der Waals surface area contributed by atoms with E-state index in [1.807, 2.05) is 6.92 Å². The Morgan fingerprint density at radius 2 is 1.85 bits per heavy atom. The van der Waals surface area contributed by atoms with Crippen LogP contribution in [-0.4, -0.2) is 37.7 Å². The fraction of sp³-hybridized carbons (Fsp3) is 0.600. The first-order valence-electron chi connectivity index (χ1n) is 9.37. The number of nitrogens with one attached hydrogen (secondary N) is 1. The van der Waals surface area contributed by atoms with Crippen LogP contribution < -0.4 is 14.8 Å². The predicted octanol–water partition coefficient (Wildman–Crippen LogP) is 3.48. The highest BCUT2D eigenvalue weighted by molar-refractivity contribution is 5.92. The molecular weight excluding hydrogens is 334 g/mol. The molecule has 1 aliphatic rings. The summed E-state index contributed by atoms with van der Waals surface area (Å²) in [7, 11) is 1.51. The lowest BCUT2D eigenvalue weighted by Crippen LogP contribution is -2.41. The molecule has 0 bridgehead atoms. The quantitative estimate of drug-likeness (QED) is 0.593. The summed E-state index contributed by atoms with van der Waals surface area (Å²) in [6.45, 7) is 3.96. The van der Waals surface area contributed by atoms with Gasteiger partial charge >= 0.3 is 5.97 Å². The van der Waals surface area contributed by atoms with E-state index in [9.17, 15) is 9.59 Å². The molecule has 0 spiro atoms. The molecule has 0 saturated heterocycles. The van der Waals surface area contributed by atoms with Gasteiger partial charge in [0.1, 0.15) is 0 Å². The van der Waals surface area contributed by atoms with Crippen LogP contribution in [0, 0.1) is 0 Å². The Kier molecular flexibility index (Phi) is 7.75. The molecule has 144 valence electrons. The number of amides is 1. The van der Waals surface area contributed by atoms with Gasteiger partial charge in [-0.3, -0.25) is 4.79 Å². The van der Waals surface area contributed by atoms with Crippen molar-refractivity contribution in [2.45, 2.75) is 64.5 Å². The zero-order valence-corrected chi connectivity index (χ0v) is 15.9. The van der Waals surface area contributed by atoms with Crippen LogP contribution >= 0.6 is 0 Å². The number of ether oxygens (including phenoxy) is 3. The third-order valence-corrected chi connectivity index (χ3v) is 4.55. The Morgan fingerprint density at radius 1 is 1.15 bits per heavy atom. The average Bonchev–Trinajstić information content (AvgIpc) is 2.90. The van der Waals surface area contributed by atoms with Crippen molar-refractivity contribution >= 4 is 11.9 Å². The summed E-state index contributed by atoms with van der Waals surface area (Å²) in [5, 5.41) is 3.00. The molecule has 1 N–H and O–H groups in total. The second-order valence-corrected chi connectivity index (χ2v) is 6.54. The second-order valence-electron chi connectivity index (χ2n) is 6.54. The van der Waals surface area contributed by atoms with E-state index in [1.54, 1.807) is 25.1 Å². The Balaban J connectivity index is 1.94. The van der Waals surface area contributed by atoms with Gasteiger partial charge in [-0.05, 0) is 44.9 Å². The van der Waals surface area contributed by atoms with Crippen LogP contribution in [0.15, 0.2) is 18.2 Å². The first-order valence-corrected chi connectivity index (χ1v) is 9.37. The molecule has 1 fully saturated rings. The minimum atomic E-state index is -0.844. The van der Waals surface area contributed by atoms with Crippen molar-refractivity contribution in [2.75, 3.05) is 13.7 Å². The van der Waals surface area contributed by atoms with Gasteiger partial charge in [0.25, 0.3) is 5.91 Å². The summed E-state index contributed by atoms with van der Waals surface area (Å²) in [4.78, 5) is 24.7. The van der Waals surface area contributed by atoms with Gasteiger partial charge in [0, 0.05) is 6.04 Å². The van der Waals surface area contributed by atoms with E-state index in [0.717, 1.165) is 25.7 Å². The predicted molar refractivity (Wildman–Crippen MR) is 98.7 cm³/mol. The number of hydrogen-bond donors (Lipinski definition) is 1.